The molecule has 1 aliphatic heterocycles. The van der Waals surface area contributed by atoms with Gasteiger partial charge in [0.25, 0.3) is 5.91 Å². The Morgan fingerprint density at radius 3 is 2.85 bits per heavy atom. The number of nitrogens with zero attached hydrogens (tertiary/aromatic N) is 2. The fourth-order valence-electron chi connectivity index (χ4n) is 2.30. The Hall–Kier alpha value is -1.99. The van der Waals surface area contributed by atoms with Gasteiger partial charge < -0.3 is 5.11 Å². The standard InChI is InChI=1S/C15H15ClN2O2/c1-2-3-4-13-14(19)8-15(20)18(13)11-6-5-10(9-17)12(16)7-11/h5-8,13,19H,2-4H2,1H3. The van der Waals surface area contributed by atoms with Crippen LogP contribution in [0.3, 0.4) is 0 Å². The number of carbonyl (C=O) groups is 1. The molecule has 1 heterocycles. The van der Waals surface area contributed by atoms with Crippen LogP contribution in [0.1, 0.15) is 31.7 Å². The van der Waals surface area contributed by atoms with Gasteiger partial charge in [0.2, 0.25) is 0 Å². The molecule has 0 bridgehead atoms. The van der Waals surface area contributed by atoms with Crippen molar-refractivity contribution in [2.24, 2.45) is 0 Å². The Morgan fingerprint density at radius 1 is 1.50 bits per heavy atom. The highest BCUT2D eigenvalue weighted by atomic mass is 35.5. The fourth-order valence-corrected chi connectivity index (χ4v) is 2.52. The number of halogens is 1. The molecule has 5 heteroatoms. The molecule has 0 radical (unpaired) electrons. The summed E-state index contributed by atoms with van der Waals surface area (Å²) in [6.07, 6.45) is 3.84. The maximum absolute atomic E-state index is 12.0. The minimum Gasteiger partial charge on any atom is -0.510 e. The molecule has 4 nitrogen and oxygen atoms in total. The van der Waals surface area contributed by atoms with Crippen LogP contribution in [0, 0.1) is 11.3 Å². The number of carbonyl (C=O) groups excluding carboxylic acids is 1. The summed E-state index contributed by atoms with van der Waals surface area (Å²) < 4.78 is 0. The van der Waals surface area contributed by atoms with Crippen LogP contribution in [0.15, 0.2) is 30.0 Å². The number of nitriles is 1. The number of aliphatic hydroxyl groups is 1. The van der Waals surface area contributed by atoms with Crippen molar-refractivity contribution in [2.75, 3.05) is 4.90 Å². The van der Waals surface area contributed by atoms with Crippen LogP contribution in [0.2, 0.25) is 5.02 Å². The minimum absolute atomic E-state index is 0.0870. The van der Waals surface area contributed by atoms with E-state index in [0.717, 1.165) is 12.8 Å². The van der Waals surface area contributed by atoms with E-state index in [1.165, 1.54) is 11.0 Å². The van der Waals surface area contributed by atoms with E-state index in [1.54, 1.807) is 18.2 Å². The Kier molecular flexibility index (Phi) is 4.31. The minimum atomic E-state index is -0.341. The first-order valence-corrected chi connectivity index (χ1v) is 6.89. The highest BCUT2D eigenvalue weighted by Gasteiger charge is 2.33. The second-order valence-electron chi connectivity index (χ2n) is 4.71. The first-order valence-electron chi connectivity index (χ1n) is 6.52. The van der Waals surface area contributed by atoms with Crippen molar-refractivity contribution in [1.29, 1.82) is 5.26 Å². The monoisotopic (exact) mass is 290 g/mol. The third-order valence-electron chi connectivity index (χ3n) is 3.34. The van der Waals surface area contributed by atoms with Gasteiger partial charge in [-0.15, -0.1) is 0 Å². The van der Waals surface area contributed by atoms with Crippen molar-refractivity contribution in [2.45, 2.75) is 32.2 Å². The number of aliphatic hydroxyl groups excluding tert-OH is 1. The lowest BCUT2D eigenvalue weighted by Gasteiger charge is -2.25. The fraction of sp³-hybridized carbons (Fsp3) is 0.333. The van der Waals surface area contributed by atoms with Crippen molar-refractivity contribution < 1.29 is 9.90 Å². The molecule has 1 amide bonds. The molecule has 2 rings (SSSR count). The number of hydrogen-bond acceptors (Lipinski definition) is 3. The zero-order valence-corrected chi connectivity index (χ0v) is 11.9. The third-order valence-corrected chi connectivity index (χ3v) is 3.66. The molecule has 1 atom stereocenters. The average molecular weight is 291 g/mol. The Labute approximate surface area is 122 Å². The van der Waals surface area contributed by atoms with Crippen LogP contribution in [-0.2, 0) is 4.79 Å². The highest BCUT2D eigenvalue weighted by molar-refractivity contribution is 6.32. The van der Waals surface area contributed by atoms with Gasteiger partial charge in [-0.1, -0.05) is 31.4 Å². The molecule has 1 aliphatic rings. The largest absolute Gasteiger partial charge is 0.510 e. The van der Waals surface area contributed by atoms with E-state index in [0.29, 0.717) is 22.7 Å². The lowest BCUT2D eigenvalue weighted by atomic mass is 10.1. The summed E-state index contributed by atoms with van der Waals surface area (Å²) in [6.45, 7) is 2.06. The molecule has 0 aromatic heterocycles. The molecule has 0 saturated heterocycles. The maximum atomic E-state index is 12.0. The van der Waals surface area contributed by atoms with Crippen molar-refractivity contribution in [3.63, 3.8) is 0 Å². The van der Waals surface area contributed by atoms with Crippen LogP contribution < -0.4 is 4.90 Å². The second kappa shape index (κ2) is 5.98. The van der Waals surface area contributed by atoms with Crippen LogP contribution >= 0.6 is 11.6 Å². The van der Waals surface area contributed by atoms with Gasteiger partial charge in [-0.2, -0.15) is 5.26 Å². The lowest BCUT2D eigenvalue weighted by molar-refractivity contribution is -0.113. The zero-order chi connectivity index (χ0) is 14.7. The molecule has 0 aliphatic carbocycles. The van der Waals surface area contributed by atoms with Crippen LogP contribution in [0.5, 0.6) is 0 Å². The van der Waals surface area contributed by atoms with Gasteiger partial charge in [-0.3, -0.25) is 9.69 Å². The van der Waals surface area contributed by atoms with Crippen molar-refractivity contribution in [3.8, 4) is 6.07 Å². The Balaban J connectivity index is 2.32. The van der Waals surface area contributed by atoms with Crippen LogP contribution in [-0.4, -0.2) is 17.1 Å². The summed E-state index contributed by atoms with van der Waals surface area (Å²) in [5.41, 5.74) is 0.963. The van der Waals surface area contributed by atoms with Gasteiger partial charge in [0, 0.05) is 11.8 Å². The molecule has 20 heavy (non-hydrogen) atoms. The maximum Gasteiger partial charge on any atom is 0.255 e. The quantitative estimate of drug-likeness (QED) is 0.922. The van der Waals surface area contributed by atoms with Gasteiger partial charge in [-0.25, -0.2) is 0 Å². The number of unbranched alkanes of at least 4 members (excludes halogenated alkanes) is 1. The Bertz CT molecular complexity index is 604. The Morgan fingerprint density at radius 2 is 2.25 bits per heavy atom. The molecule has 0 fully saturated rings. The van der Waals surface area contributed by atoms with Gasteiger partial charge in [-0.05, 0) is 24.6 Å². The van der Waals surface area contributed by atoms with Crippen LogP contribution in [0.4, 0.5) is 5.69 Å². The van der Waals surface area contributed by atoms with Crippen molar-refractivity contribution in [3.05, 3.63) is 40.6 Å². The van der Waals surface area contributed by atoms with Gasteiger partial charge in [0.05, 0.1) is 16.6 Å². The lowest BCUT2D eigenvalue weighted by Crippen LogP contribution is -2.35. The first kappa shape index (κ1) is 14.4. The van der Waals surface area contributed by atoms with E-state index in [-0.39, 0.29) is 17.7 Å². The van der Waals surface area contributed by atoms with Gasteiger partial charge >= 0.3 is 0 Å². The summed E-state index contributed by atoms with van der Waals surface area (Å²) in [7, 11) is 0. The smallest absolute Gasteiger partial charge is 0.255 e. The van der Waals surface area contributed by atoms with Gasteiger partial charge in [0.15, 0.2) is 0 Å². The molecule has 1 N–H and O–H groups in total. The average Bonchev–Trinajstić information content (AvgIpc) is 2.70. The molecule has 1 unspecified atom stereocenters. The normalized spacial score (nSPS) is 18.1. The zero-order valence-electron chi connectivity index (χ0n) is 11.1. The molecular weight excluding hydrogens is 276 g/mol. The summed E-state index contributed by atoms with van der Waals surface area (Å²) >= 11 is 6.00. The number of benzene rings is 1. The highest BCUT2D eigenvalue weighted by Crippen LogP contribution is 2.31. The molecule has 0 saturated carbocycles. The van der Waals surface area contributed by atoms with Crippen molar-refractivity contribution >= 4 is 23.2 Å². The molecule has 104 valence electrons. The van der Waals surface area contributed by atoms with E-state index < -0.39 is 0 Å². The summed E-state index contributed by atoms with van der Waals surface area (Å²) in [4.78, 5) is 13.5. The van der Waals surface area contributed by atoms with E-state index >= 15 is 0 Å². The predicted molar refractivity (Wildman–Crippen MR) is 77.7 cm³/mol. The number of rotatable bonds is 4. The number of anilines is 1. The predicted octanol–water partition coefficient (Wildman–Crippen LogP) is 3.56. The summed E-state index contributed by atoms with van der Waals surface area (Å²) in [5.74, 6) is -0.173. The topological polar surface area (TPSA) is 64.3 Å². The molecular formula is C15H15ClN2O2. The van der Waals surface area contributed by atoms with Crippen LogP contribution in [0.25, 0.3) is 0 Å². The number of amides is 1. The summed E-state index contributed by atoms with van der Waals surface area (Å²) in [5, 5.41) is 19.1. The second-order valence-corrected chi connectivity index (χ2v) is 5.12. The van der Waals surface area contributed by atoms with Gasteiger partial charge in [0.1, 0.15) is 11.8 Å². The summed E-state index contributed by atoms with van der Waals surface area (Å²) in [6, 6.07) is 6.48. The molecule has 0 spiro atoms. The SMILES string of the molecule is CCCCC1C(O)=CC(=O)N1c1ccc(C#N)c(Cl)c1. The van der Waals surface area contributed by atoms with Crippen molar-refractivity contribution in [1.82, 2.24) is 0 Å². The third kappa shape index (κ3) is 2.63. The van der Waals surface area contributed by atoms with E-state index in [4.69, 9.17) is 16.9 Å². The molecule has 1 aromatic carbocycles. The van der Waals surface area contributed by atoms with E-state index in [9.17, 15) is 9.90 Å². The molecule has 1 aromatic rings. The first-order chi connectivity index (χ1) is 9.58. The van der Waals surface area contributed by atoms with E-state index in [1.807, 2.05) is 6.07 Å². The number of hydrogen-bond donors (Lipinski definition) is 1. The van der Waals surface area contributed by atoms with E-state index in [2.05, 4.69) is 6.92 Å².